The highest BCUT2D eigenvalue weighted by atomic mass is 16.5. The monoisotopic (exact) mass is 453 g/mol. The lowest BCUT2D eigenvalue weighted by Crippen LogP contribution is -2.21. The van der Waals surface area contributed by atoms with E-state index in [0.717, 1.165) is 5.56 Å². The number of benzene rings is 3. The number of aromatic nitrogens is 4. The van der Waals surface area contributed by atoms with E-state index in [0.29, 0.717) is 33.7 Å². The van der Waals surface area contributed by atoms with Gasteiger partial charge in [0.1, 0.15) is 11.3 Å². The van der Waals surface area contributed by atoms with Gasteiger partial charge in [0.25, 0.3) is 5.91 Å². The van der Waals surface area contributed by atoms with Gasteiger partial charge in [-0.2, -0.15) is 0 Å². The molecule has 2 aromatic heterocycles. The van der Waals surface area contributed by atoms with Crippen LogP contribution in [-0.4, -0.2) is 38.5 Å². The molecule has 1 amide bonds. The van der Waals surface area contributed by atoms with E-state index in [2.05, 4.69) is 20.7 Å². The minimum Gasteiger partial charge on any atom is -0.484 e. The van der Waals surface area contributed by atoms with Crippen LogP contribution in [0, 0.1) is 6.92 Å². The number of tetrazole rings is 1. The summed E-state index contributed by atoms with van der Waals surface area (Å²) in [6.45, 7) is 1.69. The topological polar surface area (TPSA) is 112 Å². The van der Waals surface area contributed by atoms with Gasteiger partial charge < -0.3 is 14.5 Å². The van der Waals surface area contributed by atoms with Gasteiger partial charge in [-0.05, 0) is 48.5 Å². The largest absolute Gasteiger partial charge is 0.484 e. The number of carbonyl (C=O) groups excluding carboxylic acids is 2. The van der Waals surface area contributed by atoms with Crippen LogP contribution in [0.3, 0.4) is 0 Å². The van der Waals surface area contributed by atoms with E-state index in [-0.39, 0.29) is 18.2 Å². The highest BCUT2D eigenvalue weighted by Crippen LogP contribution is 2.32. The van der Waals surface area contributed by atoms with Crippen molar-refractivity contribution < 1.29 is 18.7 Å². The summed E-state index contributed by atoms with van der Waals surface area (Å²) in [6.07, 6.45) is 1.34. The highest BCUT2D eigenvalue weighted by Gasteiger charge is 2.23. The number of hydrogen-bond acceptors (Lipinski definition) is 7. The van der Waals surface area contributed by atoms with Crippen molar-refractivity contribution in [2.45, 2.75) is 6.92 Å². The highest BCUT2D eigenvalue weighted by molar-refractivity contribution is 6.17. The van der Waals surface area contributed by atoms with Crippen molar-refractivity contribution in [2.24, 2.45) is 0 Å². The Kier molecular flexibility index (Phi) is 5.57. The van der Waals surface area contributed by atoms with E-state index in [1.54, 1.807) is 54.6 Å². The van der Waals surface area contributed by atoms with Crippen molar-refractivity contribution >= 4 is 28.3 Å². The van der Waals surface area contributed by atoms with Gasteiger partial charge in [-0.15, -0.1) is 15.0 Å². The van der Waals surface area contributed by atoms with Crippen LogP contribution in [0.15, 0.2) is 83.5 Å². The fourth-order valence-electron chi connectivity index (χ4n) is 3.45. The van der Waals surface area contributed by atoms with Gasteiger partial charge >= 0.3 is 0 Å². The average Bonchev–Trinajstić information content (AvgIpc) is 3.52. The van der Waals surface area contributed by atoms with Crippen LogP contribution in [0.2, 0.25) is 0 Å². The molecule has 1 N–H and O–H groups in total. The van der Waals surface area contributed by atoms with E-state index >= 15 is 0 Å². The molecule has 0 saturated carbocycles. The summed E-state index contributed by atoms with van der Waals surface area (Å²) >= 11 is 0. The third-order valence-electron chi connectivity index (χ3n) is 5.17. The Bertz CT molecular complexity index is 1460. The second-order valence-electron chi connectivity index (χ2n) is 7.55. The fourth-order valence-corrected chi connectivity index (χ4v) is 3.45. The van der Waals surface area contributed by atoms with E-state index in [9.17, 15) is 9.59 Å². The molecular weight excluding hydrogens is 434 g/mol. The van der Waals surface area contributed by atoms with Gasteiger partial charge in [-0.25, -0.2) is 0 Å². The number of nitrogens with zero attached hydrogens (tertiary/aromatic N) is 4. The maximum atomic E-state index is 13.1. The molecule has 5 rings (SSSR count). The average molecular weight is 453 g/mol. The Morgan fingerprint density at radius 2 is 1.76 bits per heavy atom. The number of para-hydroxylation sites is 1. The summed E-state index contributed by atoms with van der Waals surface area (Å²) in [5.41, 5.74) is 3.04. The molecule has 0 bridgehead atoms. The minimum atomic E-state index is -0.425. The Hall–Kier alpha value is -4.79. The lowest BCUT2D eigenvalue weighted by molar-refractivity contribution is -0.118. The van der Waals surface area contributed by atoms with Gasteiger partial charge in [0, 0.05) is 10.9 Å². The van der Waals surface area contributed by atoms with Crippen LogP contribution >= 0.6 is 0 Å². The lowest BCUT2D eigenvalue weighted by Gasteiger charge is -2.09. The maximum absolute atomic E-state index is 13.1. The molecule has 0 radical (unpaired) electrons. The van der Waals surface area contributed by atoms with Crippen LogP contribution in [-0.2, 0) is 4.79 Å². The molecule has 0 aliphatic rings. The summed E-state index contributed by atoms with van der Waals surface area (Å²) in [7, 11) is 0. The minimum absolute atomic E-state index is 0.0723. The van der Waals surface area contributed by atoms with E-state index < -0.39 is 5.91 Å². The van der Waals surface area contributed by atoms with E-state index in [1.165, 1.54) is 11.1 Å². The zero-order valence-electron chi connectivity index (χ0n) is 18.1. The molecule has 34 heavy (non-hydrogen) atoms. The first kappa shape index (κ1) is 21.1. The van der Waals surface area contributed by atoms with Crippen LogP contribution in [0.1, 0.15) is 21.7 Å². The Labute approximate surface area is 194 Å². The molecule has 0 saturated heterocycles. The van der Waals surface area contributed by atoms with Gasteiger partial charge in [0.15, 0.2) is 18.7 Å². The number of rotatable bonds is 7. The number of carbonyl (C=O) groups is 2. The Morgan fingerprint density at radius 1 is 1.00 bits per heavy atom. The number of ketones is 1. The summed E-state index contributed by atoms with van der Waals surface area (Å²) in [4.78, 5) is 27.2. The number of nitrogens with one attached hydrogen (secondary N) is 1. The first-order valence-corrected chi connectivity index (χ1v) is 10.5. The second kappa shape index (κ2) is 8.99. The Balaban J connectivity index is 1.33. The van der Waals surface area contributed by atoms with E-state index in [4.69, 9.17) is 9.15 Å². The second-order valence-corrected chi connectivity index (χ2v) is 7.55. The molecule has 9 nitrogen and oxygen atoms in total. The SMILES string of the molecule is Cc1ccc(C(=O)c2oc3ccccc3c2NC(=O)COc2ccc(-n3ncnn3)cc2)cc1. The molecule has 0 spiro atoms. The number of anilines is 1. The normalized spacial score (nSPS) is 10.9. The number of hydrogen-bond donors (Lipinski definition) is 1. The summed E-state index contributed by atoms with van der Waals surface area (Å²) in [5.74, 6) is -0.175. The summed E-state index contributed by atoms with van der Waals surface area (Å²) in [5, 5.41) is 14.9. The number of furan rings is 1. The van der Waals surface area contributed by atoms with Crippen LogP contribution in [0.5, 0.6) is 5.75 Å². The molecule has 0 aliphatic heterocycles. The predicted molar refractivity (Wildman–Crippen MR) is 124 cm³/mol. The van der Waals surface area contributed by atoms with Crippen molar-refractivity contribution in [3.8, 4) is 11.4 Å². The van der Waals surface area contributed by atoms with Crippen molar-refractivity contribution in [3.63, 3.8) is 0 Å². The Morgan fingerprint density at radius 3 is 2.50 bits per heavy atom. The zero-order valence-corrected chi connectivity index (χ0v) is 18.1. The molecule has 0 unspecified atom stereocenters. The maximum Gasteiger partial charge on any atom is 0.262 e. The lowest BCUT2D eigenvalue weighted by atomic mass is 10.1. The molecule has 2 heterocycles. The zero-order chi connectivity index (χ0) is 23.5. The van der Waals surface area contributed by atoms with Crippen molar-refractivity contribution in [1.29, 1.82) is 0 Å². The molecule has 3 aromatic carbocycles. The summed E-state index contributed by atoms with van der Waals surface area (Å²) in [6, 6.07) is 21.2. The molecule has 9 heteroatoms. The van der Waals surface area contributed by atoms with Crippen LogP contribution < -0.4 is 10.1 Å². The van der Waals surface area contributed by atoms with Crippen molar-refractivity contribution in [3.05, 3.63) is 96.0 Å². The number of aryl methyl sites for hydroxylation is 1. The van der Waals surface area contributed by atoms with Gasteiger partial charge in [0.2, 0.25) is 5.78 Å². The number of ether oxygens (including phenoxy) is 1. The van der Waals surface area contributed by atoms with E-state index in [1.807, 2.05) is 25.1 Å². The van der Waals surface area contributed by atoms with Crippen molar-refractivity contribution in [2.75, 3.05) is 11.9 Å². The van der Waals surface area contributed by atoms with Gasteiger partial charge in [0.05, 0.1) is 11.4 Å². The van der Waals surface area contributed by atoms with Crippen molar-refractivity contribution in [1.82, 2.24) is 20.2 Å². The molecular formula is C25H19N5O4. The molecule has 0 atom stereocenters. The first-order chi connectivity index (χ1) is 16.6. The van der Waals surface area contributed by atoms with Crippen LogP contribution in [0.25, 0.3) is 16.7 Å². The summed E-state index contributed by atoms with van der Waals surface area (Å²) < 4.78 is 11.4. The molecule has 0 fully saturated rings. The van der Waals surface area contributed by atoms with Crippen LogP contribution in [0.4, 0.5) is 5.69 Å². The third kappa shape index (κ3) is 4.26. The number of amides is 1. The van der Waals surface area contributed by atoms with Gasteiger partial charge in [-0.1, -0.05) is 42.0 Å². The predicted octanol–water partition coefficient (Wildman–Crippen LogP) is 3.97. The van der Waals surface area contributed by atoms with Gasteiger partial charge in [-0.3, -0.25) is 9.59 Å². The number of fused-ring (bicyclic) bond motifs is 1. The molecule has 0 aliphatic carbocycles. The third-order valence-corrected chi connectivity index (χ3v) is 5.17. The molecule has 5 aromatic rings. The fraction of sp³-hybridized carbons (Fsp3) is 0.0800. The smallest absolute Gasteiger partial charge is 0.262 e. The standard InChI is InChI=1S/C25H19N5O4/c1-16-6-8-17(9-7-16)24(32)25-23(20-4-2-3-5-21(20)34-25)28-22(31)14-33-19-12-10-18(11-13-19)30-27-15-26-29-30/h2-13,15H,14H2,1H3,(H,28,31). The first-order valence-electron chi connectivity index (χ1n) is 10.5. The quantitative estimate of drug-likeness (QED) is 0.371. The molecule has 168 valence electrons.